The van der Waals surface area contributed by atoms with Crippen molar-refractivity contribution in [3.63, 3.8) is 0 Å². The van der Waals surface area contributed by atoms with Gasteiger partial charge >= 0.3 is 5.97 Å². The number of benzene rings is 2. The molecule has 12 heteroatoms. The Morgan fingerprint density at radius 3 is 2.40 bits per heavy atom. The molecule has 1 aliphatic heterocycles. The van der Waals surface area contributed by atoms with E-state index in [4.69, 9.17) is 16.2 Å². The number of hydrogen-bond acceptors (Lipinski definition) is 6. The van der Waals surface area contributed by atoms with Gasteiger partial charge in [-0.05, 0) is 67.5 Å². The number of ether oxygens (including phenoxy) is 1. The molecular weight excluding hydrogens is 538 g/mol. The average molecular weight is 577 g/mol. The van der Waals surface area contributed by atoms with Crippen LogP contribution in [-0.4, -0.2) is 66.4 Å². The van der Waals surface area contributed by atoms with Crippen LogP contribution in [0.25, 0.3) is 21.8 Å². The van der Waals surface area contributed by atoms with Crippen LogP contribution in [0.5, 0.6) is 0 Å². The van der Waals surface area contributed by atoms with Crippen LogP contribution in [0.15, 0.2) is 41.4 Å². The molecule has 1 aromatic heterocycles. The fraction of sp³-hybridized carbons (Fsp3) is 0.433. The Morgan fingerprint density at radius 2 is 1.74 bits per heavy atom. The standard InChI is InChI=1S/C30H38N7O5/c1-17(38)34-26-16-19-10-12-23-21(15-19)20-14-18(9-11-22(20)35-23)6-3-4-7-25(29(41)42-2)37-27(39)24(36-28(26)40)8-5-13-33-30(31)32/h9-12,14-15,24-26,31,35H,3-8,13,16H2,1-2H3,(H2,32,33)(H,34,38)(H,36,40)(H,37,39)/t24-,25+,26?/m1/s1. The minimum Gasteiger partial charge on any atom is -0.467 e. The number of aromatic nitrogens is 1. The van der Waals surface area contributed by atoms with E-state index in [1.54, 1.807) is 0 Å². The lowest BCUT2D eigenvalue weighted by Crippen LogP contribution is -2.56. The van der Waals surface area contributed by atoms with Gasteiger partial charge in [-0.3, -0.25) is 25.1 Å². The first-order valence-electron chi connectivity index (χ1n) is 14.1. The first kappa shape index (κ1) is 30.4. The number of fused-ring (bicyclic) bond motifs is 2. The molecule has 0 fully saturated rings. The summed E-state index contributed by atoms with van der Waals surface area (Å²) in [6.45, 7) is 1.52. The Bertz CT molecular complexity index is 1490. The van der Waals surface area contributed by atoms with Crippen LogP contribution >= 0.6 is 0 Å². The molecule has 3 amide bonds. The van der Waals surface area contributed by atoms with Crippen molar-refractivity contribution in [2.24, 2.45) is 10.7 Å². The predicted molar refractivity (Wildman–Crippen MR) is 159 cm³/mol. The predicted octanol–water partition coefficient (Wildman–Crippen LogP) is 1.62. The van der Waals surface area contributed by atoms with Gasteiger partial charge in [-0.15, -0.1) is 0 Å². The summed E-state index contributed by atoms with van der Waals surface area (Å²) in [4.78, 5) is 58.9. The molecule has 0 spiro atoms. The number of esters is 1. The number of amides is 3. The summed E-state index contributed by atoms with van der Waals surface area (Å²) >= 11 is 0. The molecule has 0 saturated carbocycles. The highest BCUT2D eigenvalue weighted by Gasteiger charge is 2.30. The zero-order valence-electron chi connectivity index (χ0n) is 23.9. The summed E-state index contributed by atoms with van der Waals surface area (Å²) in [6.07, 6.45) is 3.36. The maximum Gasteiger partial charge on any atom is 0.328 e. The van der Waals surface area contributed by atoms with Crippen LogP contribution in [0.4, 0.5) is 0 Å². The Morgan fingerprint density at radius 1 is 1.05 bits per heavy atom. The Labute approximate surface area is 244 Å². The van der Waals surface area contributed by atoms with E-state index in [0.717, 1.165) is 45.8 Å². The zero-order chi connectivity index (χ0) is 30.2. The number of carbonyl (C=O) groups is 4. The van der Waals surface area contributed by atoms with Gasteiger partial charge in [0.15, 0.2) is 0 Å². The third-order valence-electron chi connectivity index (χ3n) is 7.44. The normalized spacial score (nSPS) is 20.7. The van der Waals surface area contributed by atoms with Gasteiger partial charge in [-0.25, -0.2) is 4.79 Å². The number of H-pyrrole nitrogens is 1. The van der Waals surface area contributed by atoms with Crippen LogP contribution in [0.3, 0.4) is 0 Å². The summed E-state index contributed by atoms with van der Waals surface area (Å²) in [6, 6.07) is 9.33. The molecule has 7 N–H and O–H groups in total. The molecule has 3 aromatic rings. The van der Waals surface area contributed by atoms with Gasteiger partial charge in [0, 0.05) is 41.7 Å². The molecule has 0 aliphatic carbocycles. The highest BCUT2D eigenvalue weighted by molar-refractivity contribution is 6.07. The van der Waals surface area contributed by atoms with Crippen molar-refractivity contribution >= 4 is 51.5 Å². The fourth-order valence-corrected chi connectivity index (χ4v) is 5.34. The molecule has 2 heterocycles. The average Bonchev–Trinajstić information content (AvgIpc) is 3.31. The zero-order valence-corrected chi connectivity index (χ0v) is 23.9. The highest BCUT2D eigenvalue weighted by atomic mass is 16.5. The lowest BCUT2D eigenvalue weighted by atomic mass is 9.99. The van der Waals surface area contributed by atoms with Crippen molar-refractivity contribution in [3.05, 3.63) is 47.5 Å². The minimum atomic E-state index is -1.02. The lowest BCUT2D eigenvalue weighted by molar-refractivity contribution is -0.145. The van der Waals surface area contributed by atoms with Crippen molar-refractivity contribution in [2.75, 3.05) is 13.7 Å². The molecule has 3 atom stereocenters. The van der Waals surface area contributed by atoms with E-state index in [0.29, 0.717) is 19.3 Å². The quantitative estimate of drug-likeness (QED) is 0.128. The van der Waals surface area contributed by atoms with Crippen LogP contribution in [0, 0.1) is 0 Å². The van der Waals surface area contributed by atoms with E-state index in [1.807, 2.05) is 18.2 Å². The SMILES string of the molecule is COC(=O)[C@@H]1CCCCc2ccc3[nH]c4ccc(cc4c3c2)CC(NC(C)=O)C(=O)N[C@H](CCCN=C([NH])N)C(=O)N1. The van der Waals surface area contributed by atoms with Crippen molar-refractivity contribution < 1.29 is 23.9 Å². The molecule has 4 rings (SSSR count). The molecule has 2 aromatic carbocycles. The van der Waals surface area contributed by atoms with E-state index < -0.39 is 35.9 Å². The number of nitrogens with two attached hydrogens (primary N) is 1. The van der Waals surface area contributed by atoms with Crippen LogP contribution in [0.1, 0.15) is 50.2 Å². The summed E-state index contributed by atoms with van der Waals surface area (Å²) in [5, 5.41) is 10.3. The number of rotatable bonds is 6. The van der Waals surface area contributed by atoms with Gasteiger partial charge in [0.25, 0.3) is 0 Å². The van der Waals surface area contributed by atoms with Gasteiger partial charge < -0.3 is 31.4 Å². The van der Waals surface area contributed by atoms with Gasteiger partial charge in [0.1, 0.15) is 18.1 Å². The van der Waals surface area contributed by atoms with Gasteiger partial charge in [0.2, 0.25) is 23.7 Å². The Balaban J connectivity index is 1.70. The number of methoxy groups -OCH3 is 1. The second-order valence-electron chi connectivity index (χ2n) is 10.6. The summed E-state index contributed by atoms with van der Waals surface area (Å²) in [5.41, 5.74) is 16.6. The molecule has 223 valence electrons. The third kappa shape index (κ3) is 7.77. The largest absolute Gasteiger partial charge is 0.467 e. The van der Waals surface area contributed by atoms with E-state index in [2.05, 4.69) is 44.1 Å². The van der Waals surface area contributed by atoms with Crippen LogP contribution in [0.2, 0.25) is 0 Å². The van der Waals surface area contributed by atoms with E-state index >= 15 is 0 Å². The summed E-state index contributed by atoms with van der Waals surface area (Å²) in [7, 11) is 1.27. The number of nitrogens with one attached hydrogen (secondary N) is 5. The lowest BCUT2D eigenvalue weighted by Gasteiger charge is -2.25. The van der Waals surface area contributed by atoms with E-state index in [-0.39, 0.29) is 31.3 Å². The third-order valence-corrected chi connectivity index (χ3v) is 7.44. The molecule has 42 heavy (non-hydrogen) atoms. The highest BCUT2D eigenvalue weighted by Crippen LogP contribution is 2.28. The van der Waals surface area contributed by atoms with Crippen LogP contribution < -0.4 is 27.4 Å². The fourth-order valence-electron chi connectivity index (χ4n) is 5.34. The van der Waals surface area contributed by atoms with Crippen molar-refractivity contribution in [2.45, 2.75) is 70.0 Å². The number of nitrogens with zero attached hydrogens (tertiary/aromatic N) is 1. The van der Waals surface area contributed by atoms with E-state index in [9.17, 15) is 19.2 Å². The molecule has 1 unspecified atom stereocenters. The van der Waals surface area contributed by atoms with Gasteiger partial charge in [0.05, 0.1) is 7.11 Å². The van der Waals surface area contributed by atoms with Crippen molar-refractivity contribution in [1.29, 1.82) is 0 Å². The first-order chi connectivity index (χ1) is 20.1. The molecule has 4 bridgehead atoms. The van der Waals surface area contributed by atoms with Gasteiger partial charge in [-0.1, -0.05) is 18.6 Å². The molecule has 1 aliphatic rings. The number of aromatic amines is 1. The maximum atomic E-state index is 13.5. The first-order valence-corrected chi connectivity index (χ1v) is 14.1. The topological polar surface area (TPSA) is 192 Å². The van der Waals surface area contributed by atoms with Crippen LogP contribution in [-0.2, 0) is 36.8 Å². The number of aryl methyl sites for hydroxylation is 1. The molecular formula is C30H38N7O5. The smallest absolute Gasteiger partial charge is 0.328 e. The molecule has 12 nitrogen and oxygen atoms in total. The van der Waals surface area contributed by atoms with E-state index in [1.165, 1.54) is 14.0 Å². The monoisotopic (exact) mass is 576 g/mol. The molecule has 0 saturated heterocycles. The number of hydrogen-bond donors (Lipinski definition) is 5. The minimum absolute atomic E-state index is 0.178. The summed E-state index contributed by atoms with van der Waals surface area (Å²) in [5.74, 6) is -2.37. The maximum absolute atomic E-state index is 13.5. The number of aliphatic imine (C=N–C) groups is 1. The number of guanidine groups is 1. The second-order valence-corrected chi connectivity index (χ2v) is 10.6. The summed E-state index contributed by atoms with van der Waals surface area (Å²) < 4.78 is 4.95. The second kappa shape index (κ2) is 13.8. The van der Waals surface area contributed by atoms with Gasteiger partial charge in [-0.2, -0.15) is 0 Å². The van der Waals surface area contributed by atoms with Crippen molar-refractivity contribution in [3.8, 4) is 0 Å². The Kier molecular flexibility index (Phi) is 10.00. The Hall–Kier alpha value is -4.61. The van der Waals surface area contributed by atoms with Crippen molar-refractivity contribution in [1.82, 2.24) is 26.7 Å². The number of carbonyl (C=O) groups excluding carboxylic acids is 4. The molecule has 1 radical (unpaired) electrons.